The van der Waals surface area contributed by atoms with E-state index in [9.17, 15) is 9.90 Å². The Bertz CT molecular complexity index is 520. The first-order valence-electron chi connectivity index (χ1n) is 7.04. The van der Waals surface area contributed by atoms with Crippen LogP contribution in [0.1, 0.15) is 18.9 Å². The molecule has 122 valence electrons. The normalized spacial score (nSPS) is 26.1. The highest BCUT2D eigenvalue weighted by Gasteiger charge is 2.40. The fourth-order valence-corrected chi connectivity index (χ4v) is 3.10. The van der Waals surface area contributed by atoms with Crippen molar-refractivity contribution in [3.05, 3.63) is 33.8 Å². The van der Waals surface area contributed by atoms with E-state index in [4.69, 9.17) is 32.7 Å². The molecule has 2 unspecified atom stereocenters. The second-order valence-electron chi connectivity index (χ2n) is 5.36. The van der Waals surface area contributed by atoms with Gasteiger partial charge >= 0.3 is 5.97 Å². The predicted molar refractivity (Wildman–Crippen MR) is 84.2 cm³/mol. The van der Waals surface area contributed by atoms with Gasteiger partial charge in [-0.3, -0.25) is 4.79 Å². The van der Waals surface area contributed by atoms with Crippen LogP contribution in [0, 0.1) is 5.92 Å². The summed E-state index contributed by atoms with van der Waals surface area (Å²) in [4.78, 5) is 11.2. The zero-order chi connectivity index (χ0) is 16.3. The third kappa shape index (κ3) is 3.91. The molecule has 0 bridgehead atoms. The molecule has 0 radical (unpaired) electrons. The van der Waals surface area contributed by atoms with Crippen LogP contribution < -0.4 is 5.32 Å². The molecule has 5 nitrogen and oxygen atoms in total. The lowest BCUT2D eigenvalue weighted by atomic mass is 9.97. The fraction of sp³-hybridized carbons (Fsp3) is 0.533. The van der Waals surface area contributed by atoms with Gasteiger partial charge in [-0.25, -0.2) is 0 Å². The second-order valence-corrected chi connectivity index (χ2v) is 6.17. The van der Waals surface area contributed by atoms with Gasteiger partial charge < -0.3 is 19.9 Å². The summed E-state index contributed by atoms with van der Waals surface area (Å²) in [6.45, 7) is 2.17. The van der Waals surface area contributed by atoms with E-state index in [1.54, 1.807) is 25.2 Å². The Labute approximate surface area is 139 Å². The Morgan fingerprint density at radius 2 is 2.14 bits per heavy atom. The van der Waals surface area contributed by atoms with E-state index in [0.29, 0.717) is 22.0 Å². The van der Waals surface area contributed by atoms with Crippen molar-refractivity contribution in [3.63, 3.8) is 0 Å². The van der Waals surface area contributed by atoms with Crippen LogP contribution in [0.5, 0.6) is 0 Å². The van der Waals surface area contributed by atoms with Crippen molar-refractivity contribution in [3.8, 4) is 0 Å². The first-order valence-corrected chi connectivity index (χ1v) is 7.79. The summed E-state index contributed by atoms with van der Waals surface area (Å²) in [5.74, 6) is -0.866. The zero-order valence-electron chi connectivity index (χ0n) is 12.4. The fourth-order valence-electron chi connectivity index (χ4n) is 2.59. The minimum atomic E-state index is -0.936. The van der Waals surface area contributed by atoms with Crippen molar-refractivity contribution in [1.29, 1.82) is 0 Å². The molecule has 1 aromatic carbocycles. The van der Waals surface area contributed by atoms with Crippen LogP contribution in [0.4, 0.5) is 0 Å². The Morgan fingerprint density at radius 1 is 1.50 bits per heavy atom. The third-order valence-corrected chi connectivity index (χ3v) is 4.52. The van der Waals surface area contributed by atoms with Crippen LogP contribution in [0.2, 0.25) is 10.0 Å². The lowest BCUT2D eigenvalue weighted by molar-refractivity contribution is -0.160. The number of aliphatic carboxylic acids is 1. The van der Waals surface area contributed by atoms with Gasteiger partial charge in [0.25, 0.3) is 0 Å². The number of ether oxygens (including phenoxy) is 2. The van der Waals surface area contributed by atoms with Gasteiger partial charge in [0.1, 0.15) is 6.04 Å². The first-order chi connectivity index (χ1) is 10.4. The molecule has 4 atom stereocenters. The first kappa shape index (κ1) is 17.5. The molecular weight excluding hydrogens is 329 g/mol. The van der Waals surface area contributed by atoms with Gasteiger partial charge in [-0.2, -0.15) is 0 Å². The summed E-state index contributed by atoms with van der Waals surface area (Å²) in [5, 5.41) is 13.0. The topological polar surface area (TPSA) is 67.8 Å². The van der Waals surface area contributed by atoms with Gasteiger partial charge in [0.15, 0.2) is 6.29 Å². The van der Waals surface area contributed by atoms with Crippen molar-refractivity contribution >= 4 is 29.2 Å². The predicted octanol–water partition coefficient (Wildman–Crippen LogP) is 2.93. The second kappa shape index (κ2) is 7.62. The lowest BCUT2D eigenvalue weighted by Crippen LogP contribution is -2.46. The number of rotatable bonds is 6. The Hall–Kier alpha value is -0.850. The molecule has 0 aromatic heterocycles. The number of carbonyl (C=O) groups is 1. The van der Waals surface area contributed by atoms with Crippen LogP contribution in [0.3, 0.4) is 0 Å². The maximum Gasteiger partial charge on any atom is 0.323 e. The molecule has 22 heavy (non-hydrogen) atoms. The minimum Gasteiger partial charge on any atom is -0.480 e. The van der Waals surface area contributed by atoms with E-state index in [0.717, 1.165) is 0 Å². The molecule has 1 heterocycles. The molecule has 2 rings (SSSR count). The number of halogens is 2. The SMILES string of the molecule is CNC(C(=O)O)[C@@H]1OC(OCc2c(Cl)cccc2Cl)C[C@H]1C. The molecular formula is C15H19Cl2NO4. The van der Waals surface area contributed by atoms with Crippen molar-refractivity contribution in [2.24, 2.45) is 5.92 Å². The van der Waals surface area contributed by atoms with E-state index in [1.807, 2.05) is 6.92 Å². The molecule has 0 amide bonds. The summed E-state index contributed by atoms with van der Waals surface area (Å²) in [7, 11) is 1.60. The summed E-state index contributed by atoms with van der Waals surface area (Å²) < 4.78 is 11.5. The van der Waals surface area contributed by atoms with Gasteiger partial charge in [0, 0.05) is 22.0 Å². The highest BCUT2D eigenvalue weighted by Crippen LogP contribution is 2.31. The maximum atomic E-state index is 11.2. The van der Waals surface area contributed by atoms with Crippen LogP contribution in [0.15, 0.2) is 18.2 Å². The Balaban J connectivity index is 1.97. The largest absolute Gasteiger partial charge is 0.480 e. The molecule has 0 aliphatic carbocycles. The Morgan fingerprint density at radius 3 is 2.68 bits per heavy atom. The minimum absolute atomic E-state index is 0.0697. The molecule has 0 spiro atoms. The summed E-state index contributed by atoms with van der Waals surface area (Å²) in [6, 6.07) is 4.50. The van der Waals surface area contributed by atoms with E-state index in [-0.39, 0.29) is 12.5 Å². The van der Waals surface area contributed by atoms with Gasteiger partial charge in [0.2, 0.25) is 0 Å². The summed E-state index contributed by atoms with van der Waals surface area (Å²) >= 11 is 12.2. The van der Waals surface area contributed by atoms with Crippen LogP contribution in [0.25, 0.3) is 0 Å². The number of benzene rings is 1. The number of hydrogen-bond acceptors (Lipinski definition) is 4. The molecule has 7 heteroatoms. The smallest absolute Gasteiger partial charge is 0.323 e. The van der Waals surface area contributed by atoms with E-state index < -0.39 is 24.4 Å². The maximum absolute atomic E-state index is 11.2. The quantitative estimate of drug-likeness (QED) is 0.827. The van der Waals surface area contributed by atoms with Crippen LogP contribution in [-0.4, -0.2) is 36.6 Å². The van der Waals surface area contributed by atoms with E-state index in [1.165, 1.54) is 0 Å². The molecule has 1 aromatic rings. The van der Waals surface area contributed by atoms with Gasteiger partial charge in [0.05, 0.1) is 12.7 Å². The van der Waals surface area contributed by atoms with E-state index >= 15 is 0 Å². The number of nitrogens with one attached hydrogen (secondary N) is 1. The van der Waals surface area contributed by atoms with Crippen molar-refractivity contribution in [1.82, 2.24) is 5.32 Å². The van der Waals surface area contributed by atoms with Crippen molar-refractivity contribution in [2.45, 2.75) is 38.4 Å². The molecule has 1 aliphatic heterocycles. The molecule has 1 saturated heterocycles. The molecule has 2 N–H and O–H groups in total. The Kier molecular flexibility index (Phi) is 6.06. The molecule has 1 aliphatic rings. The van der Waals surface area contributed by atoms with Crippen LogP contribution in [-0.2, 0) is 20.9 Å². The molecule has 0 saturated carbocycles. The lowest BCUT2D eigenvalue weighted by Gasteiger charge is -2.22. The van der Waals surface area contributed by atoms with Gasteiger partial charge in [-0.15, -0.1) is 0 Å². The molecule has 1 fully saturated rings. The number of carboxylic acids is 1. The number of hydrogen-bond donors (Lipinski definition) is 2. The van der Waals surface area contributed by atoms with Gasteiger partial charge in [-0.1, -0.05) is 36.2 Å². The highest BCUT2D eigenvalue weighted by molar-refractivity contribution is 6.35. The van der Waals surface area contributed by atoms with Crippen LogP contribution >= 0.6 is 23.2 Å². The number of carboxylic acid groups (broad SMARTS) is 1. The monoisotopic (exact) mass is 347 g/mol. The van der Waals surface area contributed by atoms with Gasteiger partial charge in [-0.05, 0) is 25.1 Å². The van der Waals surface area contributed by atoms with E-state index in [2.05, 4.69) is 5.32 Å². The standard InChI is InChI=1S/C15H19Cl2NO4/c1-8-6-12(22-14(8)13(18-2)15(19)20)21-7-9-10(16)4-3-5-11(9)17/h3-5,8,12-14,18H,6-7H2,1-2H3,(H,19,20)/t8-,12?,13?,14-/m1/s1. The average Bonchev–Trinajstić information content (AvgIpc) is 2.80. The zero-order valence-corrected chi connectivity index (χ0v) is 13.9. The summed E-state index contributed by atoms with van der Waals surface area (Å²) in [6.07, 6.45) is -0.283. The number of likely N-dealkylation sites (N-methyl/N-ethyl adjacent to an activating group) is 1. The third-order valence-electron chi connectivity index (χ3n) is 3.81. The highest BCUT2D eigenvalue weighted by atomic mass is 35.5. The average molecular weight is 348 g/mol. The summed E-state index contributed by atoms with van der Waals surface area (Å²) in [5.41, 5.74) is 0.703. The van der Waals surface area contributed by atoms with Crippen molar-refractivity contribution < 1.29 is 19.4 Å². The van der Waals surface area contributed by atoms with Crippen molar-refractivity contribution in [2.75, 3.05) is 7.05 Å².